The summed E-state index contributed by atoms with van der Waals surface area (Å²) in [5.74, 6) is -4.24. The number of nitrogens with zero attached hydrogens (tertiary/aromatic N) is 2. The number of fused-ring (bicyclic) bond motifs is 1. The number of carbonyl (C=O) groups is 3. The lowest BCUT2D eigenvalue weighted by atomic mass is 10.0. The average molecular weight is 533 g/mol. The third kappa shape index (κ3) is 10.2. The number of hydrogen-bond donors (Lipinski definition) is 3. The highest BCUT2D eigenvalue weighted by Gasteiger charge is 2.42. The monoisotopic (exact) mass is 533 g/mol. The van der Waals surface area contributed by atoms with Gasteiger partial charge in [-0.05, 0) is 12.5 Å². The average Bonchev–Trinajstić information content (AvgIpc) is 3.31. The van der Waals surface area contributed by atoms with Crippen LogP contribution >= 0.6 is 0 Å². The molecule has 0 radical (unpaired) electrons. The number of amides is 1. The van der Waals surface area contributed by atoms with Crippen molar-refractivity contribution in [1.82, 2.24) is 15.2 Å². The molecule has 0 saturated carbocycles. The maximum atomic E-state index is 11.4. The van der Waals surface area contributed by atoms with Crippen LogP contribution in [0.3, 0.4) is 0 Å². The molecule has 2 fully saturated rings. The molecule has 0 spiro atoms. The zero-order valence-corrected chi connectivity index (χ0v) is 19.1. The molecule has 3 N–H and O–H groups in total. The van der Waals surface area contributed by atoms with Gasteiger partial charge in [0, 0.05) is 44.4 Å². The van der Waals surface area contributed by atoms with Crippen molar-refractivity contribution in [3.63, 3.8) is 0 Å². The van der Waals surface area contributed by atoms with Gasteiger partial charge in [-0.25, -0.2) is 14.6 Å². The highest BCUT2D eigenvalue weighted by Crippen LogP contribution is 2.35. The van der Waals surface area contributed by atoms with E-state index in [2.05, 4.69) is 21.3 Å². The number of rotatable bonds is 5. The third-order valence-electron chi connectivity index (χ3n) is 5.00. The Kier molecular flexibility index (Phi) is 11.4. The second-order valence-corrected chi connectivity index (χ2v) is 7.64. The maximum Gasteiger partial charge on any atom is 0.490 e. The van der Waals surface area contributed by atoms with Gasteiger partial charge >= 0.3 is 24.3 Å². The summed E-state index contributed by atoms with van der Waals surface area (Å²) in [6.07, 6.45) is -6.66. The molecular formula is C20H25F6N3O7. The van der Waals surface area contributed by atoms with Crippen LogP contribution in [-0.4, -0.2) is 89.8 Å². The minimum absolute atomic E-state index is 0.0573. The summed E-state index contributed by atoms with van der Waals surface area (Å²) in [5.41, 5.74) is 1.10. The Labute approximate surface area is 201 Å². The van der Waals surface area contributed by atoms with Crippen molar-refractivity contribution >= 4 is 17.8 Å². The number of carboxylic acid groups (broad SMARTS) is 2. The van der Waals surface area contributed by atoms with Crippen molar-refractivity contribution in [2.75, 3.05) is 27.2 Å². The minimum atomic E-state index is -5.08. The second kappa shape index (κ2) is 13.2. The number of ether oxygens (including phenoxy) is 2. The van der Waals surface area contributed by atoms with E-state index in [-0.39, 0.29) is 18.1 Å². The molecular weight excluding hydrogens is 508 g/mol. The molecule has 0 unspecified atom stereocenters. The van der Waals surface area contributed by atoms with Crippen LogP contribution in [0.25, 0.3) is 0 Å². The van der Waals surface area contributed by atoms with Crippen molar-refractivity contribution in [3.05, 3.63) is 23.9 Å². The Balaban J connectivity index is 0.000000383. The van der Waals surface area contributed by atoms with Gasteiger partial charge in [0.25, 0.3) is 0 Å². The quantitative estimate of drug-likeness (QED) is 0.486. The van der Waals surface area contributed by atoms with Crippen molar-refractivity contribution in [2.45, 2.75) is 43.9 Å². The molecule has 1 aromatic rings. The molecule has 0 aromatic carbocycles. The number of carboxylic acids is 2. The molecule has 16 heteroatoms. The lowest BCUT2D eigenvalue weighted by molar-refractivity contribution is -0.193. The summed E-state index contributed by atoms with van der Waals surface area (Å²) in [6.45, 7) is 2.74. The van der Waals surface area contributed by atoms with Crippen molar-refractivity contribution in [1.29, 1.82) is 0 Å². The first kappa shape index (κ1) is 30.9. The lowest BCUT2D eigenvalue weighted by Gasteiger charge is -2.19. The standard InChI is InChI=1S/C16H23N3O3.2C2HF3O2/c1-17-15(20)7-13-6-12-9-19(10-14(12)22-13)8-11-4-3-5-18-16(11)21-2;2*3-2(4,5)1(6)7/h3-5,12-14H,6-10H2,1-2H3,(H,17,20);2*(H,6,7)/t12-,13-,14+;;/m0../s1. The summed E-state index contributed by atoms with van der Waals surface area (Å²) >= 11 is 0. The van der Waals surface area contributed by atoms with E-state index in [1.807, 2.05) is 6.07 Å². The van der Waals surface area contributed by atoms with E-state index < -0.39 is 24.3 Å². The van der Waals surface area contributed by atoms with Gasteiger partial charge in [-0.3, -0.25) is 9.69 Å². The van der Waals surface area contributed by atoms with Gasteiger partial charge in [0.05, 0.1) is 25.7 Å². The Morgan fingerprint density at radius 1 is 1.14 bits per heavy atom. The predicted molar refractivity (Wildman–Crippen MR) is 109 cm³/mol. The largest absolute Gasteiger partial charge is 0.490 e. The predicted octanol–water partition coefficient (Wildman–Crippen LogP) is 2.08. The number of alkyl halides is 6. The number of aromatic nitrogens is 1. The summed E-state index contributed by atoms with van der Waals surface area (Å²) in [4.78, 5) is 35.9. The van der Waals surface area contributed by atoms with Gasteiger partial charge in [-0.1, -0.05) is 6.07 Å². The smallest absolute Gasteiger partial charge is 0.481 e. The molecule has 3 heterocycles. The topological polar surface area (TPSA) is 138 Å². The highest BCUT2D eigenvalue weighted by atomic mass is 19.4. The number of aliphatic carboxylic acids is 2. The second-order valence-electron chi connectivity index (χ2n) is 7.64. The minimum Gasteiger partial charge on any atom is -0.481 e. The lowest BCUT2D eigenvalue weighted by Crippen LogP contribution is -2.28. The number of pyridine rings is 1. The third-order valence-corrected chi connectivity index (χ3v) is 5.00. The van der Waals surface area contributed by atoms with Gasteiger partial charge in [0.1, 0.15) is 0 Å². The van der Waals surface area contributed by atoms with Crippen LogP contribution in [-0.2, 0) is 25.7 Å². The van der Waals surface area contributed by atoms with Crippen LogP contribution in [0.1, 0.15) is 18.4 Å². The molecule has 0 bridgehead atoms. The SMILES string of the molecule is CNC(=O)C[C@@H]1C[C@H]2CN(Cc3cccnc3OC)C[C@H]2O1.O=C(O)C(F)(F)F.O=C(O)C(F)(F)F. The van der Waals surface area contributed by atoms with E-state index in [0.717, 1.165) is 31.6 Å². The fourth-order valence-corrected chi connectivity index (χ4v) is 3.49. The number of hydrogen-bond acceptors (Lipinski definition) is 7. The number of likely N-dealkylation sites (tertiary alicyclic amines) is 1. The molecule has 2 aliphatic rings. The van der Waals surface area contributed by atoms with Crippen molar-refractivity contribution in [3.8, 4) is 5.88 Å². The highest BCUT2D eigenvalue weighted by molar-refractivity contribution is 5.76. The molecule has 204 valence electrons. The molecule has 2 aliphatic heterocycles. The molecule has 3 atom stereocenters. The number of halogens is 6. The zero-order chi connectivity index (χ0) is 27.7. The van der Waals surface area contributed by atoms with E-state index in [1.54, 1.807) is 20.4 Å². The van der Waals surface area contributed by atoms with Crippen LogP contribution in [0.4, 0.5) is 26.3 Å². The fraction of sp³-hybridized carbons (Fsp3) is 0.600. The van der Waals surface area contributed by atoms with E-state index >= 15 is 0 Å². The normalized spacial score (nSPS) is 21.3. The fourth-order valence-electron chi connectivity index (χ4n) is 3.49. The van der Waals surface area contributed by atoms with Gasteiger partial charge in [0.2, 0.25) is 11.8 Å². The summed E-state index contributed by atoms with van der Waals surface area (Å²) in [7, 11) is 3.32. The van der Waals surface area contributed by atoms with E-state index in [9.17, 15) is 31.1 Å². The van der Waals surface area contributed by atoms with Gasteiger partial charge < -0.3 is 25.0 Å². The number of nitrogens with one attached hydrogen (secondary N) is 1. The molecule has 2 saturated heterocycles. The molecule has 36 heavy (non-hydrogen) atoms. The Morgan fingerprint density at radius 3 is 2.14 bits per heavy atom. The van der Waals surface area contributed by atoms with Crippen molar-refractivity contribution in [2.24, 2.45) is 5.92 Å². The van der Waals surface area contributed by atoms with Gasteiger partial charge in [-0.2, -0.15) is 26.3 Å². The number of methoxy groups -OCH3 is 1. The van der Waals surface area contributed by atoms with E-state index in [1.165, 1.54) is 0 Å². The van der Waals surface area contributed by atoms with E-state index in [0.29, 0.717) is 18.2 Å². The van der Waals surface area contributed by atoms with Gasteiger partial charge in [0.15, 0.2) is 0 Å². The van der Waals surface area contributed by atoms with Crippen molar-refractivity contribution < 1.29 is 60.4 Å². The van der Waals surface area contributed by atoms with Crippen LogP contribution < -0.4 is 10.1 Å². The molecule has 1 aromatic heterocycles. The first-order chi connectivity index (χ1) is 16.6. The molecule has 3 rings (SSSR count). The van der Waals surface area contributed by atoms with Crippen LogP contribution in [0.5, 0.6) is 5.88 Å². The first-order valence-electron chi connectivity index (χ1n) is 10.2. The zero-order valence-electron chi connectivity index (χ0n) is 19.1. The van der Waals surface area contributed by atoms with Crippen LogP contribution in [0, 0.1) is 5.92 Å². The molecule has 10 nitrogen and oxygen atoms in total. The van der Waals surface area contributed by atoms with E-state index in [4.69, 9.17) is 29.3 Å². The maximum absolute atomic E-state index is 11.4. The Morgan fingerprint density at radius 2 is 1.69 bits per heavy atom. The Bertz CT molecular complexity index is 859. The summed E-state index contributed by atoms with van der Waals surface area (Å²) < 4.78 is 74.8. The Hall–Kier alpha value is -3.14. The first-order valence-corrected chi connectivity index (χ1v) is 10.2. The molecule has 0 aliphatic carbocycles. The summed E-state index contributed by atoms with van der Waals surface area (Å²) in [5, 5.41) is 16.9. The molecule has 1 amide bonds. The van der Waals surface area contributed by atoms with Gasteiger partial charge in [-0.15, -0.1) is 0 Å². The number of carbonyl (C=O) groups excluding carboxylic acids is 1. The van der Waals surface area contributed by atoms with Crippen LogP contribution in [0.2, 0.25) is 0 Å². The van der Waals surface area contributed by atoms with Crippen LogP contribution in [0.15, 0.2) is 18.3 Å². The summed E-state index contributed by atoms with van der Waals surface area (Å²) in [6, 6.07) is 3.99.